The van der Waals surface area contributed by atoms with Gasteiger partial charge in [0.25, 0.3) is 5.91 Å². The number of rotatable bonds is 10. The van der Waals surface area contributed by atoms with Crippen molar-refractivity contribution in [3.63, 3.8) is 0 Å². The SMILES string of the molecule is CCOc1ccccc1OCC(=O)N/N=C/c1ccc(OCc2ccc(C)cc2)cc1. The summed E-state index contributed by atoms with van der Waals surface area (Å²) in [7, 11) is 0. The van der Waals surface area contributed by atoms with Crippen molar-refractivity contribution in [3.05, 3.63) is 89.5 Å². The number of hydrogen-bond donors (Lipinski definition) is 1. The van der Waals surface area contributed by atoms with Gasteiger partial charge in [0.15, 0.2) is 18.1 Å². The first-order chi connectivity index (χ1) is 15.1. The lowest BCUT2D eigenvalue weighted by Crippen LogP contribution is -2.24. The number of benzene rings is 3. The van der Waals surface area contributed by atoms with Crippen molar-refractivity contribution in [1.29, 1.82) is 0 Å². The minimum absolute atomic E-state index is 0.160. The molecule has 0 heterocycles. The van der Waals surface area contributed by atoms with Gasteiger partial charge in [-0.3, -0.25) is 4.79 Å². The number of hydrazone groups is 1. The molecule has 6 nitrogen and oxygen atoms in total. The molecule has 3 aromatic rings. The third-order valence-electron chi connectivity index (χ3n) is 4.32. The Morgan fingerprint density at radius 3 is 2.26 bits per heavy atom. The summed E-state index contributed by atoms with van der Waals surface area (Å²) < 4.78 is 16.8. The molecule has 160 valence electrons. The fourth-order valence-corrected chi connectivity index (χ4v) is 2.70. The van der Waals surface area contributed by atoms with Crippen LogP contribution in [0.1, 0.15) is 23.6 Å². The maximum absolute atomic E-state index is 12.0. The van der Waals surface area contributed by atoms with Crippen molar-refractivity contribution in [2.24, 2.45) is 5.10 Å². The molecule has 1 N–H and O–H groups in total. The van der Waals surface area contributed by atoms with E-state index in [4.69, 9.17) is 14.2 Å². The Balaban J connectivity index is 1.43. The second kappa shape index (κ2) is 11.4. The van der Waals surface area contributed by atoms with Crippen LogP contribution < -0.4 is 19.6 Å². The molecule has 0 unspecified atom stereocenters. The number of nitrogens with zero attached hydrogens (tertiary/aromatic N) is 1. The fraction of sp³-hybridized carbons (Fsp3) is 0.200. The molecule has 0 aromatic heterocycles. The molecule has 0 atom stereocenters. The number of ether oxygens (including phenoxy) is 3. The Hall–Kier alpha value is -3.80. The Labute approximate surface area is 182 Å². The summed E-state index contributed by atoms with van der Waals surface area (Å²) in [5.41, 5.74) is 5.63. The van der Waals surface area contributed by atoms with Crippen LogP contribution in [0.5, 0.6) is 17.2 Å². The van der Waals surface area contributed by atoms with E-state index in [0.29, 0.717) is 24.7 Å². The first-order valence-corrected chi connectivity index (χ1v) is 10.1. The molecule has 6 heteroatoms. The van der Waals surface area contributed by atoms with E-state index in [-0.39, 0.29) is 12.5 Å². The highest BCUT2D eigenvalue weighted by molar-refractivity contribution is 5.83. The Bertz CT molecular complexity index is 999. The number of carbonyl (C=O) groups excluding carboxylic acids is 1. The standard InChI is InChI=1S/C25H26N2O4/c1-3-29-23-6-4-5-7-24(23)31-18-25(28)27-26-16-20-12-14-22(15-13-20)30-17-21-10-8-19(2)9-11-21/h4-16H,3,17-18H2,1-2H3,(H,27,28)/b26-16+. The Morgan fingerprint density at radius 2 is 1.58 bits per heavy atom. The third-order valence-corrected chi connectivity index (χ3v) is 4.32. The van der Waals surface area contributed by atoms with Crippen LogP contribution >= 0.6 is 0 Å². The highest BCUT2D eigenvalue weighted by atomic mass is 16.5. The number of aryl methyl sites for hydroxylation is 1. The lowest BCUT2D eigenvalue weighted by Gasteiger charge is -2.10. The van der Waals surface area contributed by atoms with Gasteiger partial charge in [0.05, 0.1) is 12.8 Å². The molecule has 0 saturated heterocycles. The van der Waals surface area contributed by atoms with E-state index in [1.54, 1.807) is 18.3 Å². The van der Waals surface area contributed by atoms with Crippen LogP contribution in [0.4, 0.5) is 0 Å². The van der Waals surface area contributed by atoms with Crippen LogP contribution in [0.15, 0.2) is 77.9 Å². The lowest BCUT2D eigenvalue weighted by atomic mass is 10.2. The number of hydrogen-bond acceptors (Lipinski definition) is 5. The van der Waals surface area contributed by atoms with Gasteiger partial charge < -0.3 is 14.2 Å². The van der Waals surface area contributed by atoms with Crippen LogP contribution in [0, 0.1) is 6.92 Å². The maximum atomic E-state index is 12.0. The van der Waals surface area contributed by atoms with Gasteiger partial charge in [0.2, 0.25) is 0 Å². The summed E-state index contributed by atoms with van der Waals surface area (Å²) in [6.45, 7) is 4.82. The van der Waals surface area contributed by atoms with Crippen molar-refractivity contribution in [1.82, 2.24) is 5.43 Å². The number of para-hydroxylation sites is 2. The topological polar surface area (TPSA) is 69.2 Å². The molecule has 0 saturated carbocycles. The average molecular weight is 418 g/mol. The molecule has 3 rings (SSSR count). The minimum atomic E-state index is -0.361. The molecule has 0 fully saturated rings. The van der Waals surface area contributed by atoms with E-state index in [1.165, 1.54) is 5.56 Å². The zero-order valence-electron chi connectivity index (χ0n) is 17.7. The second-order valence-corrected chi connectivity index (χ2v) is 6.80. The maximum Gasteiger partial charge on any atom is 0.277 e. The van der Waals surface area contributed by atoms with Crippen molar-refractivity contribution in [3.8, 4) is 17.2 Å². The van der Waals surface area contributed by atoms with Crippen LogP contribution in [0.3, 0.4) is 0 Å². The predicted octanol–water partition coefficient (Wildman–Crippen LogP) is 4.50. The monoisotopic (exact) mass is 418 g/mol. The largest absolute Gasteiger partial charge is 0.490 e. The first-order valence-electron chi connectivity index (χ1n) is 10.1. The van der Waals surface area contributed by atoms with E-state index in [1.807, 2.05) is 43.3 Å². The molecule has 0 radical (unpaired) electrons. The smallest absolute Gasteiger partial charge is 0.277 e. The van der Waals surface area contributed by atoms with Crippen molar-refractivity contribution >= 4 is 12.1 Å². The van der Waals surface area contributed by atoms with Crippen LogP contribution in [-0.4, -0.2) is 25.3 Å². The predicted molar refractivity (Wildman–Crippen MR) is 121 cm³/mol. The molecular weight excluding hydrogens is 392 g/mol. The summed E-state index contributed by atoms with van der Waals surface area (Å²) >= 11 is 0. The fourth-order valence-electron chi connectivity index (χ4n) is 2.70. The molecule has 0 spiro atoms. The van der Waals surface area contributed by atoms with Gasteiger partial charge in [-0.25, -0.2) is 5.43 Å². The average Bonchev–Trinajstić information content (AvgIpc) is 2.79. The third kappa shape index (κ3) is 7.19. The van der Waals surface area contributed by atoms with Gasteiger partial charge in [-0.05, 0) is 61.4 Å². The molecule has 1 amide bonds. The zero-order chi connectivity index (χ0) is 21.9. The number of amides is 1. The van der Waals surface area contributed by atoms with Crippen molar-refractivity contribution in [2.45, 2.75) is 20.5 Å². The van der Waals surface area contributed by atoms with E-state index >= 15 is 0 Å². The molecule has 0 aliphatic carbocycles. The first kappa shape index (κ1) is 21.9. The summed E-state index contributed by atoms with van der Waals surface area (Å²) in [6.07, 6.45) is 1.57. The quantitative estimate of drug-likeness (QED) is 0.389. The van der Waals surface area contributed by atoms with Gasteiger partial charge in [0.1, 0.15) is 12.4 Å². The van der Waals surface area contributed by atoms with E-state index in [0.717, 1.165) is 16.9 Å². The number of nitrogens with one attached hydrogen (secondary N) is 1. The van der Waals surface area contributed by atoms with Gasteiger partial charge in [-0.1, -0.05) is 42.0 Å². The van der Waals surface area contributed by atoms with Gasteiger partial charge >= 0.3 is 0 Å². The van der Waals surface area contributed by atoms with Crippen LogP contribution in [0.25, 0.3) is 0 Å². The highest BCUT2D eigenvalue weighted by Crippen LogP contribution is 2.26. The molecule has 0 aliphatic heterocycles. The minimum Gasteiger partial charge on any atom is -0.490 e. The van der Waals surface area contributed by atoms with E-state index < -0.39 is 0 Å². The van der Waals surface area contributed by atoms with Gasteiger partial charge in [-0.15, -0.1) is 0 Å². The van der Waals surface area contributed by atoms with Crippen molar-refractivity contribution < 1.29 is 19.0 Å². The summed E-state index contributed by atoms with van der Waals surface area (Å²) in [4.78, 5) is 12.0. The summed E-state index contributed by atoms with van der Waals surface area (Å²) in [6, 6.07) is 22.9. The summed E-state index contributed by atoms with van der Waals surface area (Å²) in [5, 5.41) is 3.97. The normalized spacial score (nSPS) is 10.6. The van der Waals surface area contributed by atoms with E-state index in [9.17, 15) is 4.79 Å². The molecule has 0 aliphatic rings. The second-order valence-electron chi connectivity index (χ2n) is 6.80. The molecular formula is C25H26N2O4. The molecule has 0 bridgehead atoms. The van der Waals surface area contributed by atoms with Crippen molar-refractivity contribution in [2.75, 3.05) is 13.2 Å². The Morgan fingerprint density at radius 1 is 0.903 bits per heavy atom. The van der Waals surface area contributed by atoms with Crippen LogP contribution in [-0.2, 0) is 11.4 Å². The summed E-state index contributed by atoms with van der Waals surface area (Å²) in [5.74, 6) is 1.53. The van der Waals surface area contributed by atoms with E-state index in [2.05, 4.69) is 41.7 Å². The number of carbonyl (C=O) groups is 1. The van der Waals surface area contributed by atoms with Gasteiger partial charge in [-0.2, -0.15) is 5.10 Å². The lowest BCUT2D eigenvalue weighted by molar-refractivity contribution is -0.123. The molecule has 31 heavy (non-hydrogen) atoms. The molecule has 3 aromatic carbocycles. The zero-order valence-corrected chi connectivity index (χ0v) is 17.7. The van der Waals surface area contributed by atoms with Gasteiger partial charge in [0, 0.05) is 0 Å². The Kier molecular flexibility index (Phi) is 8.05. The highest BCUT2D eigenvalue weighted by Gasteiger charge is 2.06. The van der Waals surface area contributed by atoms with Crippen LogP contribution in [0.2, 0.25) is 0 Å².